The Labute approximate surface area is 142 Å². The van der Waals surface area contributed by atoms with E-state index in [1.54, 1.807) is 38.1 Å². The average Bonchev–Trinajstić information content (AvgIpc) is 2.52. The van der Waals surface area contributed by atoms with E-state index in [9.17, 15) is 23.1 Å². The second-order valence-electron chi connectivity index (χ2n) is 5.62. The summed E-state index contributed by atoms with van der Waals surface area (Å²) in [5, 5.41) is 9.33. The normalized spacial score (nSPS) is 13.5. The van der Waals surface area contributed by atoms with Crippen molar-refractivity contribution in [3.05, 3.63) is 54.3 Å². The molecule has 0 bridgehead atoms. The molecule has 0 saturated heterocycles. The van der Waals surface area contributed by atoms with Crippen molar-refractivity contribution in [3.63, 3.8) is 0 Å². The third kappa shape index (κ3) is 3.98. The number of hydrogen-bond acceptors (Lipinski definition) is 3. The van der Waals surface area contributed by atoms with Gasteiger partial charge < -0.3 is 9.66 Å². The van der Waals surface area contributed by atoms with Gasteiger partial charge in [0.25, 0.3) is 0 Å². The molecule has 0 aliphatic heterocycles. The lowest BCUT2D eigenvalue weighted by Gasteiger charge is -2.34. The van der Waals surface area contributed by atoms with Gasteiger partial charge in [-0.05, 0) is 41.3 Å². The maximum Gasteiger partial charge on any atom is 0.327 e. The van der Waals surface area contributed by atoms with Crippen LogP contribution >= 0.6 is 0 Å². The van der Waals surface area contributed by atoms with Crippen LogP contribution in [-0.2, 0) is 16.1 Å². The zero-order chi connectivity index (χ0) is 17.9. The van der Waals surface area contributed by atoms with Crippen LogP contribution in [-0.4, -0.2) is 25.9 Å². The molecule has 1 N–H and O–H groups in total. The molecule has 0 fully saturated rings. The predicted molar refractivity (Wildman–Crippen MR) is 89.5 cm³/mol. The summed E-state index contributed by atoms with van der Waals surface area (Å²) < 4.78 is 36.9. The van der Waals surface area contributed by atoms with Crippen LogP contribution < -0.4 is 4.31 Å². The molecular formula is C17H17FNO4S-. The molecule has 2 atom stereocenters. The van der Waals surface area contributed by atoms with Crippen LogP contribution in [0.5, 0.6) is 0 Å². The number of hydrogen-bond donors (Lipinski definition) is 1. The number of benzene rings is 2. The van der Waals surface area contributed by atoms with E-state index in [0.717, 1.165) is 15.4 Å². The molecule has 5 nitrogen and oxygen atoms in total. The van der Waals surface area contributed by atoms with E-state index in [1.165, 1.54) is 24.3 Å². The van der Waals surface area contributed by atoms with Crippen molar-refractivity contribution in [2.24, 2.45) is 5.92 Å². The number of halogens is 1. The van der Waals surface area contributed by atoms with E-state index in [2.05, 4.69) is 0 Å². The van der Waals surface area contributed by atoms with Crippen molar-refractivity contribution in [3.8, 4) is 11.1 Å². The molecule has 0 spiro atoms. The number of nitrogens with zero attached hydrogens (tertiary/aromatic N) is 1. The first-order chi connectivity index (χ1) is 11.3. The van der Waals surface area contributed by atoms with Crippen LogP contribution in [0.25, 0.3) is 11.1 Å². The third-order valence-corrected chi connectivity index (χ3v) is 4.36. The summed E-state index contributed by atoms with van der Waals surface area (Å²) in [5.41, 5.74) is 1.80. The second kappa shape index (κ2) is 7.55. The Morgan fingerprint density at radius 3 is 1.92 bits per heavy atom. The lowest BCUT2D eigenvalue weighted by Crippen LogP contribution is -2.45. The molecule has 0 aromatic heterocycles. The standard InChI is InChI=1S/C17H18FNO4S/c1-11(2)16(17(20)21)19(24(22)23)15-9-5-13(6-10-15)12-3-7-14(18)8-4-12/h3-11,16H,1-2H3,(H,20,21)(H,22,23)/p-1. The summed E-state index contributed by atoms with van der Waals surface area (Å²) in [5.74, 6) is -1.96. The van der Waals surface area contributed by atoms with Crippen molar-refractivity contribution in [2.45, 2.75) is 19.9 Å². The van der Waals surface area contributed by atoms with Crippen molar-refractivity contribution in [1.29, 1.82) is 0 Å². The molecule has 0 saturated carbocycles. The van der Waals surface area contributed by atoms with Crippen LogP contribution in [0.2, 0.25) is 0 Å². The first-order valence-corrected chi connectivity index (χ1v) is 8.32. The number of carboxylic acids is 1. The topological polar surface area (TPSA) is 80.7 Å². The van der Waals surface area contributed by atoms with Gasteiger partial charge in [0.15, 0.2) is 0 Å². The van der Waals surface area contributed by atoms with Gasteiger partial charge in [0.05, 0.1) is 0 Å². The van der Waals surface area contributed by atoms with E-state index in [-0.39, 0.29) is 11.5 Å². The molecule has 7 heteroatoms. The fourth-order valence-electron chi connectivity index (χ4n) is 2.44. The minimum absolute atomic E-state index is 0.260. The molecular weight excluding hydrogens is 333 g/mol. The van der Waals surface area contributed by atoms with Crippen molar-refractivity contribution >= 4 is 22.9 Å². The molecule has 0 amide bonds. The smallest absolute Gasteiger partial charge is 0.327 e. The fraction of sp³-hybridized carbons (Fsp3) is 0.235. The van der Waals surface area contributed by atoms with E-state index < -0.39 is 29.2 Å². The van der Waals surface area contributed by atoms with E-state index >= 15 is 0 Å². The fourth-order valence-corrected chi connectivity index (χ4v) is 3.25. The first kappa shape index (κ1) is 18.1. The molecule has 128 valence electrons. The van der Waals surface area contributed by atoms with Gasteiger partial charge in [-0.2, -0.15) is 0 Å². The van der Waals surface area contributed by atoms with Gasteiger partial charge in [-0.25, -0.2) is 9.18 Å². The zero-order valence-corrected chi connectivity index (χ0v) is 14.0. The summed E-state index contributed by atoms with van der Waals surface area (Å²) >= 11 is -2.73. The Kier molecular flexibility index (Phi) is 5.69. The summed E-state index contributed by atoms with van der Waals surface area (Å²) in [6, 6.07) is 11.1. The highest BCUT2D eigenvalue weighted by Gasteiger charge is 2.30. The Balaban J connectivity index is 2.37. The van der Waals surface area contributed by atoms with E-state index in [1.807, 2.05) is 0 Å². The molecule has 0 aliphatic carbocycles. The molecule has 2 rings (SSSR count). The highest BCUT2D eigenvalue weighted by molar-refractivity contribution is 7.80. The maximum atomic E-state index is 13.0. The van der Waals surface area contributed by atoms with Crippen LogP contribution in [0.4, 0.5) is 10.1 Å². The van der Waals surface area contributed by atoms with Crippen LogP contribution in [0.15, 0.2) is 48.5 Å². The van der Waals surface area contributed by atoms with Gasteiger partial charge in [0.2, 0.25) is 0 Å². The number of carboxylic acid groups (broad SMARTS) is 1. The summed E-state index contributed by atoms with van der Waals surface area (Å²) in [6.45, 7) is 3.29. The van der Waals surface area contributed by atoms with E-state index in [0.29, 0.717) is 0 Å². The van der Waals surface area contributed by atoms with Crippen LogP contribution in [0.3, 0.4) is 0 Å². The van der Waals surface area contributed by atoms with Gasteiger partial charge in [-0.15, -0.1) is 0 Å². The van der Waals surface area contributed by atoms with Crippen LogP contribution in [0.1, 0.15) is 13.8 Å². The van der Waals surface area contributed by atoms with Crippen molar-refractivity contribution < 1.29 is 23.1 Å². The second-order valence-corrected chi connectivity index (χ2v) is 6.45. The molecule has 2 aromatic rings. The van der Waals surface area contributed by atoms with Gasteiger partial charge >= 0.3 is 5.97 Å². The molecule has 0 aliphatic rings. The SMILES string of the molecule is CC(C)C(C(=O)O)N(c1ccc(-c2ccc(F)cc2)cc1)S(=O)[O-]. The van der Waals surface area contributed by atoms with Crippen molar-refractivity contribution in [2.75, 3.05) is 4.31 Å². The number of anilines is 1. The largest absolute Gasteiger partial charge is 0.755 e. The number of carbonyl (C=O) groups is 1. The zero-order valence-electron chi connectivity index (χ0n) is 13.2. The predicted octanol–water partition coefficient (Wildman–Crippen LogP) is 3.20. The molecule has 0 radical (unpaired) electrons. The number of rotatable bonds is 6. The van der Waals surface area contributed by atoms with E-state index in [4.69, 9.17) is 0 Å². The third-order valence-electron chi connectivity index (χ3n) is 3.60. The summed E-state index contributed by atoms with van der Waals surface area (Å²) in [7, 11) is 0. The lowest BCUT2D eigenvalue weighted by molar-refractivity contribution is -0.139. The molecule has 2 aromatic carbocycles. The van der Waals surface area contributed by atoms with Gasteiger partial charge in [0, 0.05) is 17.0 Å². The highest BCUT2D eigenvalue weighted by atomic mass is 32.2. The summed E-state index contributed by atoms with van der Waals surface area (Å²) in [4.78, 5) is 11.4. The molecule has 2 unspecified atom stereocenters. The minimum Gasteiger partial charge on any atom is -0.755 e. The number of aliphatic carboxylic acids is 1. The van der Waals surface area contributed by atoms with Crippen LogP contribution in [0, 0.1) is 11.7 Å². The Hall–Kier alpha value is -2.25. The monoisotopic (exact) mass is 350 g/mol. The van der Waals surface area contributed by atoms with Gasteiger partial charge in [-0.1, -0.05) is 38.1 Å². The highest BCUT2D eigenvalue weighted by Crippen LogP contribution is 2.27. The Morgan fingerprint density at radius 2 is 1.54 bits per heavy atom. The lowest BCUT2D eigenvalue weighted by atomic mass is 10.0. The Morgan fingerprint density at radius 1 is 1.08 bits per heavy atom. The Bertz CT molecular complexity index is 731. The van der Waals surface area contributed by atoms with Gasteiger partial charge in [0.1, 0.15) is 11.9 Å². The average molecular weight is 350 g/mol. The summed E-state index contributed by atoms with van der Waals surface area (Å²) in [6.07, 6.45) is 0. The minimum atomic E-state index is -2.73. The molecule has 0 heterocycles. The van der Waals surface area contributed by atoms with Crippen molar-refractivity contribution in [1.82, 2.24) is 0 Å². The maximum absolute atomic E-state index is 13.0. The van der Waals surface area contributed by atoms with Gasteiger partial charge in [-0.3, -0.25) is 8.51 Å². The quantitative estimate of drug-likeness (QED) is 0.811. The first-order valence-electron chi connectivity index (χ1n) is 7.28. The molecule has 24 heavy (non-hydrogen) atoms.